The van der Waals surface area contributed by atoms with E-state index in [1.807, 2.05) is 14.1 Å². The van der Waals surface area contributed by atoms with Crippen LogP contribution >= 0.6 is 0 Å². The number of quaternary nitrogens is 1. The molecule has 0 saturated heterocycles. The highest BCUT2D eigenvalue weighted by molar-refractivity contribution is 5.81. The Bertz CT molecular complexity index is 191. The van der Waals surface area contributed by atoms with Crippen LogP contribution in [0.25, 0.3) is 0 Å². The highest BCUT2D eigenvalue weighted by atomic mass is 35.5. The van der Waals surface area contributed by atoms with Gasteiger partial charge in [0.2, 0.25) is 6.73 Å². The molecule has 3 nitrogen and oxygen atoms in total. The van der Waals surface area contributed by atoms with Crippen molar-refractivity contribution in [3.8, 4) is 0 Å². The largest absolute Gasteiger partial charge is 1.00 e. The molecule has 0 aromatic rings. The van der Waals surface area contributed by atoms with Crippen molar-refractivity contribution >= 4 is 5.97 Å². The summed E-state index contributed by atoms with van der Waals surface area (Å²) in [6, 6.07) is 0. The molecule has 0 amide bonds. The van der Waals surface area contributed by atoms with Crippen LogP contribution in [0.15, 0.2) is 12.2 Å². The third-order valence-electron chi connectivity index (χ3n) is 1.69. The third kappa shape index (κ3) is 8.08. The Morgan fingerprint density at radius 2 is 2.00 bits per heavy atom. The zero-order valence-electron chi connectivity index (χ0n) is 9.42. The van der Waals surface area contributed by atoms with Crippen LogP contribution < -0.4 is 12.4 Å². The van der Waals surface area contributed by atoms with Gasteiger partial charge in [0.15, 0.2) is 0 Å². The van der Waals surface area contributed by atoms with E-state index < -0.39 is 0 Å². The van der Waals surface area contributed by atoms with Crippen molar-refractivity contribution in [3.63, 3.8) is 0 Å². The van der Waals surface area contributed by atoms with Gasteiger partial charge in [-0.1, -0.05) is 13.0 Å². The van der Waals surface area contributed by atoms with E-state index in [0.717, 1.165) is 17.4 Å². The van der Waals surface area contributed by atoms with Gasteiger partial charge in [0, 0.05) is 6.08 Å². The molecule has 0 heterocycles. The van der Waals surface area contributed by atoms with Crippen molar-refractivity contribution in [1.82, 2.24) is 0 Å². The Morgan fingerprint density at radius 3 is 2.43 bits per heavy atom. The number of carbonyl (C=O) groups excluding carboxylic acids is 1. The number of rotatable bonds is 5. The minimum atomic E-state index is -0.259. The van der Waals surface area contributed by atoms with Crippen molar-refractivity contribution in [1.29, 1.82) is 0 Å². The van der Waals surface area contributed by atoms with Crippen LogP contribution in [-0.2, 0) is 9.53 Å². The second kappa shape index (κ2) is 7.83. The van der Waals surface area contributed by atoms with Crippen molar-refractivity contribution in [2.45, 2.75) is 20.3 Å². The first-order valence-electron chi connectivity index (χ1n) is 4.63. The summed E-state index contributed by atoms with van der Waals surface area (Å²) in [5.41, 5.74) is 0. The molecule has 0 rings (SSSR count). The SMILES string of the molecule is CC=CC(=O)OC[N+](C)(C)CCC.[Cl-]. The maximum absolute atomic E-state index is 11.0. The van der Waals surface area contributed by atoms with Crippen molar-refractivity contribution in [3.05, 3.63) is 12.2 Å². The van der Waals surface area contributed by atoms with E-state index >= 15 is 0 Å². The fourth-order valence-electron chi connectivity index (χ4n) is 1.09. The normalized spacial score (nSPS) is 11.1. The van der Waals surface area contributed by atoms with E-state index in [1.54, 1.807) is 13.0 Å². The molecule has 0 aliphatic carbocycles. The van der Waals surface area contributed by atoms with Crippen molar-refractivity contribution in [2.24, 2.45) is 0 Å². The van der Waals surface area contributed by atoms with Crippen LogP contribution in [-0.4, -0.2) is 37.8 Å². The minimum absolute atomic E-state index is 0. The summed E-state index contributed by atoms with van der Waals surface area (Å²) in [6.45, 7) is 5.38. The quantitative estimate of drug-likeness (QED) is 0.246. The van der Waals surface area contributed by atoms with Crippen LogP contribution in [0.2, 0.25) is 0 Å². The molecule has 14 heavy (non-hydrogen) atoms. The molecular weight excluding hydrogens is 202 g/mol. The first-order chi connectivity index (χ1) is 6.02. The third-order valence-corrected chi connectivity index (χ3v) is 1.69. The Labute approximate surface area is 92.7 Å². The molecule has 0 aliphatic heterocycles. The number of hydrogen-bond donors (Lipinski definition) is 0. The van der Waals surface area contributed by atoms with Crippen LogP contribution in [0.1, 0.15) is 20.3 Å². The molecule has 84 valence electrons. The van der Waals surface area contributed by atoms with Gasteiger partial charge < -0.3 is 17.1 Å². The van der Waals surface area contributed by atoms with E-state index in [2.05, 4.69) is 6.92 Å². The first-order valence-corrected chi connectivity index (χ1v) is 4.63. The van der Waals surface area contributed by atoms with Gasteiger partial charge in [0.05, 0.1) is 20.6 Å². The van der Waals surface area contributed by atoms with Crippen LogP contribution in [0.4, 0.5) is 0 Å². The first kappa shape index (κ1) is 15.9. The van der Waals surface area contributed by atoms with Gasteiger partial charge in [-0.3, -0.25) is 4.48 Å². The molecule has 0 radical (unpaired) electrons. The Balaban J connectivity index is 0. The summed E-state index contributed by atoms with van der Waals surface area (Å²) in [5.74, 6) is -0.259. The van der Waals surface area contributed by atoms with Gasteiger partial charge in [0.25, 0.3) is 0 Å². The molecule has 0 atom stereocenters. The highest BCUT2D eigenvalue weighted by Gasteiger charge is 2.14. The smallest absolute Gasteiger partial charge is 0.334 e. The molecule has 0 bridgehead atoms. The average molecular weight is 222 g/mol. The van der Waals surface area contributed by atoms with Gasteiger partial charge in [-0.15, -0.1) is 0 Å². The van der Waals surface area contributed by atoms with Crippen LogP contribution in [0.5, 0.6) is 0 Å². The number of halogens is 1. The Kier molecular flexibility index (Phi) is 8.89. The number of hydrogen-bond acceptors (Lipinski definition) is 2. The lowest BCUT2D eigenvalue weighted by Gasteiger charge is -2.27. The second-order valence-electron chi connectivity index (χ2n) is 3.75. The topological polar surface area (TPSA) is 26.3 Å². The molecule has 0 unspecified atom stereocenters. The van der Waals surface area contributed by atoms with E-state index in [-0.39, 0.29) is 18.4 Å². The van der Waals surface area contributed by atoms with E-state index in [0.29, 0.717) is 6.73 Å². The summed E-state index contributed by atoms with van der Waals surface area (Å²) < 4.78 is 5.77. The van der Waals surface area contributed by atoms with Crippen molar-refractivity contribution in [2.75, 3.05) is 27.4 Å². The number of allylic oxidation sites excluding steroid dienone is 1. The van der Waals surface area contributed by atoms with Gasteiger partial charge in [-0.25, -0.2) is 4.79 Å². The molecule has 0 aliphatic rings. The Hall–Kier alpha value is -0.540. The molecule has 0 saturated carbocycles. The fourth-order valence-corrected chi connectivity index (χ4v) is 1.09. The summed E-state index contributed by atoms with van der Waals surface area (Å²) >= 11 is 0. The number of ether oxygens (including phenoxy) is 1. The highest BCUT2D eigenvalue weighted by Crippen LogP contribution is 1.99. The Morgan fingerprint density at radius 1 is 1.43 bits per heavy atom. The zero-order valence-corrected chi connectivity index (χ0v) is 10.2. The fraction of sp³-hybridized carbons (Fsp3) is 0.700. The van der Waals surface area contributed by atoms with E-state index in [9.17, 15) is 4.79 Å². The summed E-state index contributed by atoms with van der Waals surface area (Å²) in [7, 11) is 4.10. The lowest BCUT2D eigenvalue weighted by Crippen LogP contribution is -3.00. The minimum Gasteiger partial charge on any atom is -1.00 e. The predicted octanol–water partition coefficient (Wildman–Crippen LogP) is -1.45. The maximum atomic E-state index is 11.0. The molecule has 0 fully saturated rings. The van der Waals surface area contributed by atoms with Crippen LogP contribution in [0, 0.1) is 0 Å². The standard InChI is InChI=1S/C10H20NO2.ClH/c1-5-7-10(12)13-9-11(3,4)8-6-2;/h5,7H,6,8-9H2,1-4H3;1H/q+1;/p-1. The van der Waals surface area contributed by atoms with E-state index in [1.165, 1.54) is 6.08 Å². The number of carbonyl (C=O) groups is 1. The molecule has 0 aromatic heterocycles. The molecule has 0 aromatic carbocycles. The maximum Gasteiger partial charge on any atom is 0.334 e. The zero-order chi connectivity index (χ0) is 10.3. The van der Waals surface area contributed by atoms with Gasteiger partial charge in [-0.2, -0.15) is 0 Å². The van der Waals surface area contributed by atoms with Crippen molar-refractivity contribution < 1.29 is 26.4 Å². The summed E-state index contributed by atoms with van der Waals surface area (Å²) in [6.07, 6.45) is 4.21. The van der Waals surface area contributed by atoms with Gasteiger partial charge in [-0.05, 0) is 13.3 Å². The summed E-state index contributed by atoms with van der Waals surface area (Å²) in [5, 5.41) is 0. The van der Waals surface area contributed by atoms with Gasteiger partial charge >= 0.3 is 5.97 Å². The molecular formula is C10H20ClNO2. The summed E-state index contributed by atoms with van der Waals surface area (Å²) in [4.78, 5) is 11.0. The number of esters is 1. The predicted molar refractivity (Wildman–Crippen MR) is 53.0 cm³/mol. The van der Waals surface area contributed by atoms with Gasteiger partial charge in [0.1, 0.15) is 0 Å². The number of nitrogens with zero attached hydrogens (tertiary/aromatic N) is 1. The van der Waals surface area contributed by atoms with Crippen LogP contribution in [0.3, 0.4) is 0 Å². The lowest BCUT2D eigenvalue weighted by molar-refractivity contribution is -0.907. The monoisotopic (exact) mass is 221 g/mol. The van der Waals surface area contributed by atoms with E-state index in [4.69, 9.17) is 4.74 Å². The molecule has 4 heteroatoms. The lowest BCUT2D eigenvalue weighted by atomic mass is 10.4. The molecule has 0 spiro atoms. The second-order valence-corrected chi connectivity index (χ2v) is 3.75. The molecule has 0 N–H and O–H groups in total. The average Bonchev–Trinajstić information content (AvgIpc) is 2.02.